The summed E-state index contributed by atoms with van der Waals surface area (Å²) >= 11 is 0. The summed E-state index contributed by atoms with van der Waals surface area (Å²) in [6.07, 6.45) is 3.22. The maximum atomic E-state index is 13.5. The van der Waals surface area contributed by atoms with E-state index < -0.39 is 12.0 Å². The Morgan fingerprint density at radius 1 is 0.944 bits per heavy atom. The van der Waals surface area contributed by atoms with E-state index in [1.54, 1.807) is 17.0 Å². The monoisotopic (exact) mass is 489 g/mol. The highest BCUT2D eigenvalue weighted by Gasteiger charge is 2.49. The quantitative estimate of drug-likeness (QED) is 0.439. The highest BCUT2D eigenvalue weighted by molar-refractivity contribution is 6.23. The first-order valence-electron chi connectivity index (χ1n) is 12.6. The second kappa shape index (κ2) is 10.2. The Kier molecular flexibility index (Phi) is 6.87. The van der Waals surface area contributed by atoms with E-state index >= 15 is 0 Å². The number of amides is 3. The largest absolute Gasteiger partial charge is 0.465 e. The summed E-state index contributed by atoms with van der Waals surface area (Å²) in [6.45, 7) is 2.53. The first kappa shape index (κ1) is 24.2. The van der Waals surface area contributed by atoms with Crippen molar-refractivity contribution in [3.8, 4) is 0 Å². The number of nitrogens with zero attached hydrogens (tertiary/aromatic N) is 3. The molecule has 8 nitrogen and oxygen atoms in total. The zero-order chi connectivity index (χ0) is 25.2. The van der Waals surface area contributed by atoms with E-state index in [4.69, 9.17) is 4.74 Å². The summed E-state index contributed by atoms with van der Waals surface area (Å²) in [4.78, 5) is 56.9. The molecule has 2 heterocycles. The van der Waals surface area contributed by atoms with Crippen LogP contribution in [0.25, 0.3) is 0 Å². The van der Waals surface area contributed by atoms with E-state index in [0.717, 1.165) is 50.2 Å². The third-order valence-electron chi connectivity index (χ3n) is 7.39. The van der Waals surface area contributed by atoms with Crippen LogP contribution < -0.4 is 4.90 Å². The average Bonchev–Trinajstić information content (AvgIpc) is 3.71. The van der Waals surface area contributed by atoms with Crippen LogP contribution in [0.5, 0.6) is 0 Å². The molecule has 0 aromatic heterocycles. The van der Waals surface area contributed by atoms with Gasteiger partial charge in [0.1, 0.15) is 6.04 Å². The van der Waals surface area contributed by atoms with Crippen LogP contribution in [0.3, 0.4) is 0 Å². The fourth-order valence-corrected chi connectivity index (χ4v) is 5.30. The number of carbonyl (C=O) groups excluding carboxylic acids is 4. The molecule has 2 aliphatic heterocycles. The molecule has 3 aliphatic rings. The molecule has 0 spiro atoms. The van der Waals surface area contributed by atoms with Crippen molar-refractivity contribution in [2.75, 3.05) is 25.1 Å². The van der Waals surface area contributed by atoms with Crippen LogP contribution in [0.1, 0.15) is 48.0 Å². The Morgan fingerprint density at radius 2 is 1.61 bits per heavy atom. The lowest BCUT2D eigenvalue weighted by Gasteiger charge is -2.41. The molecule has 0 radical (unpaired) electrons. The van der Waals surface area contributed by atoms with Crippen LogP contribution >= 0.6 is 0 Å². The lowest BCUT2D eigenvalue weighted by Crippen LogP contribution is -2.54. The van der Waals surface area contributed by atoms with Gasteiger partial charge in [-0.15, -0.1) is 0 Å². The molecule has 2 aromatic rings. The van der Waals surface area contributed by atoms with Gasteiger partial charge in [-0.25, -0.2) is 9.69 Å². The molecule has 1 atom stereocenters. The molecule has 188 valence electrons. The second-order valence-electron chi connectivity index (χ2n) is 9.84. The number of imide groups is 1. The smallest absolute Gasteiger partial charge is 0.337 e. The van der Waals surface area contributed by atoms with Crippen molar-refractivity contribution in [2.24, 2.45) is 5.92 Å². The highest BCUT2D eigenvalue weighted by atomic mass is 16.5. The molecule has 1 unspecified atom stereocenters. The lowest BCUT2D eigenvalue weighted by molar-refractivity contribution is -0.143. The predicted octanol–water partition coefficient (Wildman–Crippen LogP) is 3.01. The number of likely N-dealkylation sites (tertiary alicyclic amines) is 1. The van der Waals surface area contributed by atoms with E-state index in [-0.39, 0.29) is 36.1 Å². The van der Waals surface area contributed by atoms with Gasteiger partial charge < -0.3 is 9.64 Å². The van der Waals surface area contributed by atoms with Crippen molar-refractivity contribution in [3.05, 3.63) is 65.7 Å². The molecule has 8 heteroatoms. The third kappa shape index (κ3) is 4.91. The van der Waals surface area contributed by atoms with Crippen molar-refractivity contribution in [1.29, 1.82) is 0 Å². The number of ether oxygens (including phenoxy) is 1. The molecule has 0 N–H and O–H groups in total. The number of hydrogen-bond acceptors (Lipinski definition) is 6. The normalized spacial score (nSPS) is 21.0. The van der Waals surface area contributed by atoms with Gasteiger partial charge >= 0.3 is 5.97 Å². The predicted molar refractivity (Wildman–Crippen MR) is 133 cm³/mol. The third-order valence-corrected chi connectivity index (χ3v) is 7.39. The number of anilines is 1. The first-order valence-corrected chi connectivity index (χ1v) is 12.6. The van der Waals surface area contributed by atoms with Gasteiger partial charge in [-0.3, -0.25) is 19.3 Å². The number of carbonyl (C=O) groups is 4. The Labute approximate surface area is 210 Å². The number of hydrogen-bond donors (Lipinski definition) is 0. The summed E-state index contributed by atoms with van der Waals surface area (Å²) in [6, 6.07) is 15.7. The standard InChI is InChI=1S/C28H31N3O5/c1-36-28(35)21-9-11-22(12-10-21)31-25(32)17-24(27(31)34)30(26(33)20-7-8-20)23-13-15-29(16-14-23)18-19-5-3-2-4-6-19/h2-6,9-12,20,23-24H,7-8,13-18H2,1H3. The Balaban J connectivity index is 1.31. The van der Waals surface area contributed by atoms with Gasteiger partial charge in [0, 0.05) is 31.6 Å². The fourth-order valence-electron chi connectivity index (χ4n) is 5.30. The number of benzene rings is 2. The molecule has 36 heavy (non-hydrogen) atoms. The summed E-state index contributed by atoms with van der Waals surface area (Å²) in [5, 5.41) is 0. The van der Waals surface area contributed by atoms with Gasteiger partial charge in [0.05, 0.1) is 24.8 Å². The van der Waals surface area contributed by atoms with Crippen molar-refractivity contribution >= 4 is 29.4 Å². The summed E-state index contributed by atoms with van der Waals surface area (Å²) in [5.74, 6) is -1.22. The van der Waals surface area contributed by atoms with E-state index in [1.807, 2.05) is 18.2 Å². The molecule has 2 saturated heterocycles. The topological polar surface area (TPSA) is 87.2 Å². The maximum Gasteiger partial charge on any atom is 0.337 e. The Morgan fingerprint density at radius 3 is 2.22 bits per heavy atom. The van der Waals surface area contributed by atoms with Crippen LogP contribution in [0.2, 0.25) is 0 Å². The number of piperidine rings is 1. The minimum atomic E-state index is -0.781. The van der Waals surface area contributed by atoms with E-state index in [0.29, 0.717) is 11.3 Å². The molecule has 1 saturated carbocycles. The lowest BCUT2D eigenvalue weighted by atomic mass is 9.99. The molecule has 1 aliphatic carbocycles. The SMILES string of the molecule is COC(=O)c1ccc(N2C(=O)CC(N(C(=O)C3CC3)C3CCN(Cc4ccccc4)CC3)C2=O)cc1. The molecule has 3 fully saturated rings. The number of methoxy groups -OCH3 is 1. The average molecular weight is 490 g/mol. The van der Waals surface area contributed by atoms with Gasteiger partial charge in [-0.05, 0) is 55.5 Å². The Bertz CT molecular complexity index is 1140. The van der Waals surface area contributed by atoms with Crippen LogP contribution in [-0.4, -0.2) is 65.8 Å². The van der Waals surface area contributed by atoms with Crippen molar-refractivity contribution in [3.63, 3.8) is 0 Å². The first-order chi connectivity index (χ1) is 17.5. The molecular formula is C28H31N3O5. The summed E-state index contributed by atoms with van der Waals surface area (Å²) in [5.41, 5.74) is 1.99. The highest BCUT2D eigenvalue weighted by Crippen LogP contribution is 2.36. The van der Waals surface area contributed by atoms with Crippen LogP contribution in [0.4, 0.5) is 5.69 Å². The molecular weight excluding hydrogens is 458 g/mol. The van der Waals surface area contributed by atoms with Crippen molar-refractivity contribution in [2.45, 2.75) is 50.7 Å². The summed E-state index contributed by atoms with van der Waals surface area (Å²) in [7, 11) is 1.30. The number of rotatable bonds is 7. The Hall–Kier alpha value is -3.52. The zero-order valence-electron chi connectivity index (χ0n) is 20.5. The van der Waals surface area contributed by atoms with Crippen LogP contribution in [0, 0.1) is 5.92 Å². The molecule has 3 amide bonds. The van der Waals surface area contributed by atoms with Gasteiger partial charge in [0.15, 0.2) is 0 Å². The van der Waals surface area contributed by atoms with E-state index in [2.05, 4.69) is 17.0 Å². The van der Waals surface area contributed by atoms with Gasteiger partial charge in [-0.2, -0.15) is 0 Å². The van der Waals surface area contributed by atoms with Crippen LogP contribution in [0.15, 0.2) is 54.6 Å². The van der Waals surface area contributed by atoms with Gasteiger partial charge in [-0.1, -0.05) is 30.3 Å². The maximum absolute atomic E-state index is 13.5. The van der Waals surface area contributed by atoms with Crippen molar-refractivity contribution in [1.82, 2.24) is 9.80 Å². The summed E-state index contributed by atoms with van der Waals surface area (Å²) < 4.78 is 4.72. The van der Waals surface area contributed by atoms with Gasteiger partial charge in [0.2, 0.25) is 11.8 Å². The minimum absolute atomic E-state index is 0.00514. The van der Waals surface area contributed by atoms with Crippen LogP contribution in [-0.2, 0) is 25.7 Å². The minimum Gasteiger partial charge on any atom is -0.465 e. The molecule has 5 rings (SSSR count). The van der Waals surface area contributed by atoms with Crippen molar-refractivity contribution < 1.29 is 23.9 Å². The molecule has 2 aromatic carbocycles. The fraction of sp³-hybridized carbons (Fsp3) is 0.429. The van der Waals surface area contributed by atoms with E-state index in [9.17, 15) is 19.2 Å². The zero-order valence-corrected chi connectivity index (χ0v) is 20.5. The molecule has 0 bridgehead atoms. The second-order valence-corrected chi connectivity index (χ2v) is 9.84. The van der Waals surface area contributed by atoms with Gasteiger partial charge in [0.25, 0.3) is 5.91 Å². The number of esters is 1. The van der Waals surface area contributed by atoms with E-state index in [1.165, 1.54) is 24.8 Å².